The van der Waals surface area contributed by atoms with Crippen molar-refractivity contribution in [3.63, 3.8) is 0 Å². The molecule has 2 heteroatoms. The van der Waals surface area contributed by atoms with E-state index in [-0.39, 0.29) is 17.9 Å². The van der Waals surface area contributed by atoms with E-state index in [1.165, 1.54) is 0 Å². The van der Waals surface area contributed by atoms with Gasteiger partial charge < -0.3 is 5.32 Å². The Morgan fingerprint density at radius 1 is 1.38 bits per heavy atom. The number of allylic oxidation sites excluding steroid dienone is 1. The van der Waals surface area contributed by atoms with Crippen molar-refractivity contribution in [2.24, 2.45) is 5.92 Å². The van der Waals surface area contributed by atoms with Crippen molar-refractivity contribution < 1.29 is 4.79 Å². The molecule has 2 atom stereocenters. The van der Waals surface area contributed by atoms with Crippen LogP contribution in [-0.2, 0) is 4.79 Å². The highest BCUT2D eigenvalue weighted by molar-refractivity contribution is 5.78. The van der Waals surface area contributed by atoms with Gasteiger partial charge >= 0.3 is 0 Å². The summed E-state index contributed by atoms with van der Waals surface area (Å²) in [6.45, 7) is 7.55. The summed E-state index contributed by atoms with van der Waals surface area (Å²) < 4.78 is 0. The van der Waals surface area contributed by atoms with E-state index in [0.29, 0.717) is 6.42 Å². The van der Waals surface area contributed by atoms with Crippen molar-refractivity contribution in [2.45, 2.75) is 26.3 Å². The van der Waals surface area contributed by atoms with E-state index in [9.17, 15) is 4.79 Å². The molecule has 0 aliphatic carbocycles. The topological polar surface area (TPSA) is 29.1 Å². The molecule has 0 saturated heterocycles. The van der Waals surface area contributed by atoms with Crippen LogP contribution in [0.4, 0.5) is 0 Å². The van der Waals surface area contributed by atoms with E-state index in [1.54, 1.807) is 6.08 Å². The van der Waals surface area contributed by atoms with Crippen LogP contribution in [0.1, 0.15) is 31.9 Å². The second-order valence-electron chi connectivity index (χ2n) is 4.07. The number of carbonyl (C=O) groups excluding carboxylic acids is 1. The van der Waals surface area contributed by atoms with Crippen LogP contribution in [0.15, 0.2) is 43.0 Å². The third kappa shape index (κ3) is 3.54. The van der Waals surface area contributed by atoms with Crippen LogP contribution >= 0.6 is 0 Å². The first kappa shape index (κ1) is 12.5. The van der Waals surface area contributed by atoms with Gasteiger partial charge in [0.25, 0.3) is 0 Å². The summed E-state index contributed by atoms with van der Waals surface area (Å²) in [7, 11) is 0. The van der Waals surface area contributed by atoms with Gasteiger partial charge in [0.05, 0.1) is 6.04 Å². The molecule has 0 unspecified atom stereocenters. The molecular formula is C14H19NO. The van der Waals surface area contributed by atoms with Crippen molar-refractivity contribution in [3.8, 4) is 0 Å². The first-order valence-corrected chi connectivity index (χ1v) is 5.61. The molecule has 86 valence electrons. The number of carbonyl (C=O) groups is 1. The highest BCUT2D eigenvalue weighted by atomic mass is 16.1. The highest BCUT2D eigenvalue weighted by Crippen LogP contribution is 2.12. The molecule has 16 heavy (non-hydrogen) atoms. The van der Waals surface area contributed by atoms with E-state index < -0.39 is 0 Å². The number of hydrogen-bond donors (Lipinski definition) is 1. The third-order valence-electron chi connectivity index (χ3n) is 2.63. The number of amides is 1. The maximum Gasteiger partial charge on any atom is 0.223 e. The van der Waals surface area contributed by atoms with Gasteiger partial charge in [0.1, 0.15) is 0 Å². The summed E-state index contributed by atoms with van der Waals surface area (Å²) >= 11 is 0. The Hall–Kier alpha value is -1.57. The quantitative estimate of drug-likeness (QED) is 0.754. The predicted octanol–water partition coefficient (Wildman–Crippen LogP) is 3.08. The van der Waals surface area contributed by atoms with Crippen molar-refractivity contribution >= 4 is 5.91 Å². The molecule has 1 rings (SSSR count). The second-order valence-corrected chi connectivity index (χ2v) is 4.07. The Morgan fingerprint density at radius 2 is 2.00 bits per heavy atom. The van der Waals surface area contributed by atoms with Gasteiger partial charge in [-0.1, -0.05) is 43.3 Å². The molecule has 1 aromatic rings. The number of nitrogens with one attached hydrogen (secondary N) is 1. The lowest BCUT2D eigenvalue weighted by Gasteiger charge is -2.17. The molecule has 0 radical (unpaired) electrons. The molecule has 0 aromatic heterocycles. The summed E-state index contributed by atoms with van der Waals surface area (Å²) in [5, 5.41) is 2.99. The predicted molar refractivity (Wildman–Crippen MR) is 67.0 cm³/mol. The number of hydrogen-bond acceptors (Lipinski definition) is 1. The Bertz CT molecular complexity index is 345. The fourth-order valence-corrected chi connectivity index (χ4v) is 1.54. The Kier molecular flexibility index (Phi) is 4.77. The zero-order valence-corrected chi connectivity index (χ0v) is 9.94. The van der Waals surface area contributed by atoms with E-state index >= 15 is 0 Å². The Labute approximate surface area is 97.4 Å². The molecular weight excluding hydrogens is 198 g/mol. The summed E-state index contributed by atoms with van der Waals surface area (Å²) in [6.07, 6.45) is 2.49. The minimum absolute atomic E-state index is 0.0105. The zero-order chi connectivity index (χ0) is 12.0. The van der Waals surface area contributed by atoms with Crippen molar-refractivity contribution in [1.29, 1.82) is 0 Å². The zero-order valence-electron chi connectivity index (χ0n) is 9.94. The summed E-state index contributed by atoms with van der Waals surface area (Å²) in [5.41, 5.74) is 1.13. The molecule has 0 saturated carbocycles. The van der Waals surface area contributed by atoms with Crippen LogP contribution in [0.25, 0.3) is 0 Å². The first-order chi connectivity index (χ1) is 7.65. The fraction of sp³-hybridized carbons (Fsp3) is 0.357. The van der Waals surface area contributed by atoms with Crippen LogP contribution in [0, 0.1) is 5.92 Å². The van der Waals surface area contributed by atoms with Crippen LogP contribution in [0.5, 0.6) is 0 Å². The van der Waals surface area contributed by atoms with E-state index in [0.717, 1.165) is 5.56 Å². The lowest BCUT2D eigenvalue weighted by Crippen LogP contribution is -2.31. The second kappa shape index (κ2) is 6.11. The maximum absolute atomic E-state index is 11.8. The SMILES string of the molecule is C=CC[C@H](C)C(=O)N[C@@H](C)c1ccccc1. The lowest BCUT2D eigenvalue weighted by atomic mass is 10.0. The summed E-state index contributed by atoms with van der Waals surface area (Å²) in [5.74, 6) is 0.0694. The van der Waals surface area contributed by atoms with Crippen molar-refractivity contribution in [1.82, 2.24) is 5.32 Å². The first-order valence-electron chi connectivity index (χ1n) is 5.61. The van der Waals surface area contributed by atoms with E-state index in [2.05, 4.69) is 11.9 Å². The molecule has 0 fully saturated rings. The van der Waals surface area contributed by atoms with Gasteiger partial charge in [-0.3, -0.25) is 4.79 Å². The van der Waals surface area contributed by atoms with Gasteiger partial charge in [-0.05, 0) is 18.9 Å². The van der Waals surface area contributed by atoms with Gasteiger partial charge in [0, 0.05) is 5.92 Å². The molecule has 1 amide bonds. The Balaban J connectivity index is 2.55. The minimum Gasteiger partial charge on any atom is -0.349 e. The lowest BCUT2D eigenvalue weighted by molar-refractivity contribution is -0.125. The van der Waals surface area contributed by atoms with Gasteiger partial charge in [-0.2, -0.15) is 0 Å². The molecule has 0 spiro atoms. The van der Waals surface area contributed by atoms with Crippen LogP contribution < -0.4 is 5.32 Å². The number of benzene rings is 1. The molecule has 0 aliphatic heterocycles. The molecule has 1 N–H and O–H groups in total. The highest BCUT2D eigenvalue weighted by Gasteiger charge is 2.14. The summed E-state index contributed by atoms with van der Waals surface area (Å²) in [6, 6.07) is 10.0. The molecule has 0 bridgehead atoms. The van der Waals surface area contributed by atoms with E-state index in [1.807, 2.05) is 44.2 Å². The molecule has 0 aliphatic rings. The van der Waals surface area contributed by atoms with Crippen LogP contribution in [0.3, 0.4) is 0 Å². The molecule has 0 heterocycles. The monoisotopic (exact) mass is 217 g/mol. The fourth-order valence-electron chi connectivity index (χ4n) is 1.54. The Morgan fingerprint density at radius 3 is 2.56 bits per heavy atom. The van der Waals surface area contributed by atoms with E-state index in [4.69, 9.17) is 0 Å². The van der Waals surface area contributed by atoms with Gasteiger partial charge in [0.2, 0.25) is 5.91 Å². The minimum atomic E-state index is -0.0105. The summed E-state index contributed by atoms with van der Waals surface area (Å²) in [4.78, 5) is 11.8. The normalized spacial score (nSPS) is 13.9. The van der Waals surface area contributed by atoms with Crippen LogP contribution in [0.2, 0.25) is 0 Å². The molecule has 1 aromatic carbocycles. The average molecular weight is 217 g/mol. The largest absolute Gasteiger partial charge is 0.349 e. The third-order valence-corrected chi connectivity index (χ3v) is 2.63. The molecule has 2 nitrogen and oxygen atoms in total. The van der Waals surface area contributed by atoms with Gasteiger partial charge in [0.15, 0.2) is 0 Å². The number of rotatable bonds is 5. The van der Waals surface area contributed by atoms with Crippen molar-refractivity contribution in [2.75, 3.05) is 0 Å². The smallest absolute Gasteiger partial charge is 0.223 e. The van der Waals surface area contributed by atoms with Crippen molar-refractivity contribution in [3.05, 3.63) is 48.6 Å². The maximum atomic E-state index is 11.8. The van der Waals surface area contributed by atoms with Crippen LogP contribution in [-0.4, -0.2) is 5.91 Å². The van der Waals surface area contributed by atoms with Gasteiger partial charge in [-0.25, -0.2) is 0 Å². The average Bonchev–Trinajstić information content (AvgIpc) is 2.30. The van der Waals surface area contributed by atoms with Gasteiger partial charge in [-0.15, -0.1) is 6.58 Å². The standard InChI is InChI=1S/C14H19NO/c1-4-8-11(2)14(16)15-12(3)13-9-6-5-7-10-13/h4-7,9-12H,1,8H2,2-3H3,(H,15,16)/t11-,12-/m0/s1.